The molecule has 0 unspecified atom stereocenters. The predicted octanol–water partition coefficient (Wildman–Crippen LogP) is 4.78. The van der Waals surface area contributed by atoms with E-state index in [1.807, 2.05) is 0 Å². The van der Waals surface area contributed by atoms with E-state index in [1.165, 1.54) is 49.2 Å². The van der Waals surface area contributed by atoms with Gasteiger partial charge >= 0.3 is 196 Å². The van der Waals surface area contributed by atoms with Gasteiger partial charge in [0.05, 0.1) is 0 Å². The summed E-state index contributed by atoms with van der Waals surface area (Å²) in [6.45, 7) is 11.0. The molecule has 0 heterocycles. The van der Waals surface area contributed by atoms with E-state index >= 15 is 0 Å². The van der Waals surface area contributed by atoms with Crippen LogP contribution in [0.1, 0.15) is 66.2 Å². The van der Waals surface area contributed by atoms with E-state index in [0.717, 1.165) is 38.1 Å². The first-order chi connectivity index (χ1) is 14.2. The topological polar surface area (TPSA) is 36.9 Å². The fraction of sp³-hybridized carbons (Fsp3) is 1.00. The number of hydrogen-bond donors (Lipinski definition) is 0. The molecule has 0 radical (unpaired) electrons. The van der Waals surface area contributed by atoms with Crippen molar-refractivity contribution in [3.05, 3.63) is 0 Å². The van der Waals surface area contributed by atoms with Crippen molar-refractivity contribution >= 4 is 26.3 Å². The van der Waals surface area contributed by atoms with E-state index in [2.05, 4.69) is 27.7 Å². The van der Waals surface area contributed by atoms with Crippen molar-refractivity contribution in [3.63, 3.8) is 0 Å². The second kappa shape index (κ2) is 8.91. The monoisotopic (exact) mass is 554 g/mol. The Kier molecular flexibility index (Phi) is 7.13. The third-order valence-electron chi connectivity index (χ3n) is 10.2. The van der Waals surface area contributed by atoms with Crippen LogP contribution in [0.2, 0.25) is 10.6 Å². The zero-order chi connectivity index (χ0) is 21.6. The second-order valence-electron chi connectivity index (χ2n) is 11.3. The van der Waals surface area contributed by atoms with Crippen LogP contribution in [0.5, 0.6) is 0 Å². The molecule has 4 bridgehead atoms. The normalized spacial score (nSPS) is 43.0. The molecule has 4 aliphatic carbocycles. The van der Waals surface area contributed by atoms with E-state index < -0.39 is 0 Å². The Bertz CT molecular complexity index is 560. The van der Waals surface area contributed by atoms with Gasteiger partial charge in [0.2, 0.25) is 0 Å². The van der Waals surface area contributed by atoms with Crippen molar-refractivity contribution in [2.24, 2.45) is 33.5 Å². The molecule has 0 aliphatic heterocycles. The molecule has 174 valence electrons. The van der Waals surface area contributed by atoms with Crippen molar-refractivity contribution in [1.82, 2.24) is 0 Å². The summed E-state index contributed by atoms with van der Waals surface area (Å²) in [5, 5.41) is 2.78. The first kappa shape index (κ1) is 24.0. The van der Waals surface area contributed by atoms with Crippen molar-refractivity contribution in [3.8, 4) is 0 Å². The van der Waals surface area contributed by atoms with Crippen LogP contribution in [-0.2, 0) is 18.9 Å². The molecule has 4 fully saturated rings. The fourth-order valence-electron chi connectivity index (χ4n) is 7.74. The minimum absolute atomic E-state index is 0.380. The number of fused-ring (bicyclic) bond motifs is 4. The molecular weight excluding hydrogens is 510 g/mol. The summed E-state index contributed by atoms with van der Waals surface area (Å²) in [6, 6.07) is 0. The molecule has 0 amide bonds. The fourth-order valence-corrected chi connectivity index (χ4v) is 18.3. The number of methoxy groups -OCH3 is 2. The zero-order valence-corrected chi connectivity index (χ0v) is 23.3. The SMILES string of the molecule is COCO[C@@H]1C[C@H]2CC[C@]1(C[Se][Se]C[C@]13CC[C@H](C[C@H]1OCOC)C3(C)C)C2(C)C. The van der Waals surface area contributed by atoms with Gasteiger partial charge in [-0.25, -0.2) is 0 Å². The number of hydrogen-bond acceptors (Lipinski definition) is 4. The first-order valence-corrected chi connectivity index (χ1v) is 18.5. The summed E-state index contributed by atoms with van der Waals surface area (Å²) in [4.78, 5) is 0. The van der Waals surface area contributed by atoms with Crippen LogP contribution in [-0.4, -0.2) is 66.3 Å². The van der Waals surface area contributed by atoms with Crippen molar-refractivity contribution < 1.29 is 18.9 Å². The van der Waals surface area contributed by atoms with Crippen LogP contribution in [0.15, 0.2) is 0 Å². The Labute approximate surface area is 195 Å². The summed E-state index contributed by atoms with van der Waals surface area (Å²) in [6.07, 6.45) is 8.79. The van der Waals surface area contributed by atoms with Gasteiger partial charge in [-0.15, -0.1) is 0 Å². The molecule has 30 heavy (non-hydrogen) atoms. The molecule has 0 aromatic rings. The standard InChI is InChI=1S/C24H42O4Se2/c1-21(2)17-7-9-23(21,19(11-17)27-15-25-5)13-29-30-14-24-10-8-18(22(24,3)4)12-20(24)28-16-26-6/h17-20H,7-16H2,1-6H3/t17-,18-,19-,20-,23-,24-/m1/s1. The maximum atomic E-state index is 6.26. The Balaban J connectivity index is 1.40. The summed E-state index contributed by atoms with van der Waals surface area (Å²) in [5.74, 6) is 1.66. The minimum atomic E-state index is 0.380. The molecule has 0 aromatic heterocycles. The number of ether oxygens (including phenoxy) is 4. The summed E-state index contributed by atoms with van der Waals surface area (Å²) in [7, 11) is 3.50. The van der Waals surface area contributed by atoms with E-state index in [0.29, 0.717) is 47.5 Å². The molecule has 4 rings (SSSR count). The molecule has 0 aromatic carbocycles. The second-order valence-corrected chi connectivity index (χ2v) is 18.7. The average molecular weight is 553 g/mol. The predicted molar refractivity (Wildman–Crippen MR) is 122 cm³/mol. The van der Waals surface area contributed by atoms with Gasteiger partial charge in [0.1, 0.15) is 0 Å². The van der Waals surface area contributed by atoms with E-state index in [4.69, 9.17) is 18.9 Å². The summed E-state index contributed by atoms with van der Waals surface area (Å²) < 4.78 is 23.1. The van der Waals surface area contributed by atoms with Gasteiger partial charge in [-0.05, 0) is 0 Å². The van der Waals surface area contributed by atoms with Crippen LogP contribution in [0.25, 0.3) is 0 Å². The van der Waals surface area contributed by atoms with E-state index in [-0.39, 0.29) is 0 Å². The van der Waals surface area contributed by atoms with Crippen LogP contribution in [0.3, 0.4) is 0 Å². The van der Waals surface area contributed by atoms with E-state index in [9.17, 15) is 0 Å². The zero-order valence-electron chi connectivity index (χ0n) is 19.8. The molecule has 6 heteroatoms. The number of rotatable bonds is 11. The first-order valence-electron chi connectivity index (χ1n) is 11.7. The van der Waals surface area contributed by atoms with Crippen LogP contribution in [0.4, 0.5) is 0 Å². The van der Waals surface area contributed by atoms with Gasteiger partial charge in [-0.1, -0.05) is 0 Å². The average Bonchev–Trinajstić information content (AvgIpc) is 3.27. The van der Waals surface area contributed by atoms with Gasteiger partial charge in [0.15, 0.2) is 0 Å². The third-order valence-corrected chi connectivity index (χ3v) is 17.6. The molecule has 6 atom stereocenters. The quantitative estimate of drug-likeness (QED) is 0.210. The van der Waals surface area contributed by atoms with Crippen molar-refractivity contribution in [2.45, 2.75) is 89.1 Å². The Morgan fingerprint density at radius 1 is 0.700 bits per heavy atom. The van der Waals surface area contributed by atoms with E-state index in [1.54, 1.807) is 14.2 Å². The van der Waals surface area contributed by atoms with Gasteiger partial charge in [0, 0.05) is 0 Å². The third kappa shape index (κ3) is 3.52. The molecule has 4 nitrogen and oxygen atoms in total. The molecule has 0 spiro atoms. The molecule has 4 aliphatic rings. The molecule has 4 saturated carbocycles. The van der Waals surface area contributed by atoms with Crippen molar-refractivity contribution in [1.29, 1.82) is 0 Å². The van der Waals surface area contributed by atoms with Gasteiger partial charge in [-0.2, -0.15) is 0 Å². The Morgan fingerprint density at radius 2 is 1.10 bits per heavy atom. The summed E-state index contributed by atoms with van der Waals surface area (Å²) >= 11 is 1.44. The van der Waals surface area contributed by atoms with Crippen LogP contribution < -0.4 is 0 Å². The van der Waals surface area contributed by atoms with Crippen molar-refractivity contribution in [2.75, 3.05) is 27.8 Å². The Hall–Kier alpha value is 0.879. The van der Waals surface area contributed by atoms with Gasteiger partial charge in [-0.3, -0.25) is 0 Å². The maximum absolute atomic E-state index is 6.26. The molecule has 0 N–H and O–H groups in total. The molecule has 0 saturated heterocycles. The summed E-state index contributed by atoms with van der Waals surface area (Å²) in [5.41, 5.74) is 1.59. The van der Waals surface area contributed by atoms with Gasteiger partial charge in [0.25, 0.3) is 0 Å². The van der Waals surface area contributed by atoms with Crippen LogP contribution >= 0.6 is 0 Å². The molecular formula is C24H42O4Se2. The Morgan fingerprint density at radius 3 is 1.43 bits per heavy atom. The van der Waals surface area contributed by atoms with Crippen LogP contribution in [0, 0.1) is 33.5 Å². The van der Waals surface area contributed by atoms with Gasteiger partial charge < -0.3 is 0 Å².